The molecule has 1 aliphatic rings. The van der Waals surface area contributed by atoms with E-state index in [1.165, 1.54) is 10.5 Å². The molecule has 1 saturated carbocycles. The predicted molar refractivity (Wildman–Crippen MR) is 125 cm³/mol. The van der Waals surface area contributed by atoms with E-state index in [0.717, 1.165) is 12.1 Å². The first-order valence-electron chi connectivity index (χ1n) is 11.4. The maximum atomic E-state index is 14.0. The fraction of sp³-hybridized carbons (Fsp3) is 0.269. The number of aliphatic hydroxyl groups excluding tert-OH is 2. The molecule has 0 unspecified atom stereocenters. The number of rotatable bonds is 6. The van der Waals surface area contributed by atoms with Crippen molar-refractivity contribution in [1.29, 1.82) is 0 Å². The van der Waals surface area contributed by atoms with Crippen molar-refractivity contribution in [3.05, 3.63) is 95.2 Å². The lowest BCUT2D eigenvalue weighted by Crippen LogP contribution is -2.45. The van der Waals surface area contributed by atoms with E-state index in [1.54, 1.807) is 49.6 Å². The number of nitrogens with one attached hydrogen (secondary N) is 1. The summed E-state index contributed by atoms with van der Waals surface area (Å²) in [6.45, 7) is 1.30. The van der Waals surface area contributed by atoms with E-state index < -0.39 is 35.3 Å². The number of aliphatic hydroxyl groups is 2. The van der Waals surface area contributed by atoms with E-state index >= 15 is 0 Å². The Hall–Kier alpha value is -3.89. The van der Waals surface area contributed by atoms with Crippen LogP contribution in [-0.2, 0) is 12.1 Å². The maximum Gasteiger partial charge on any atom is 0.270 e. The molecule has 1 amide bonds. The summed E-state index contributed by atoms with van der Waals surface area (Å²) >= 11 is 0. The Bertz CT molecular complexity index is 1400. The van der Waals surface area contributed by atoms with Crippen molar-refractivity contribution in [3.8, 4) is 5.75 Å². The van der Waals surface area contributed by atoms with Gasteiger partial charge in [0, 0.05) is 25.2 Å². The van der Waals surface area contributed by atoms with Crippen molar-refractivity contribution in [2.75, 3.05) is 0 Å². The Morgan fingerprint density at radius 2 is 1.83 bits per heavy atom. The van der Waals surface area contributed by atoms with Crippen LogP contribution in [0.3, 0.4) is 0 Å². The quantitative estimate of drug-likeness (QED) is 0.380. The number of ether oxygens (including phenoxy) is 1. The van der Waals surface area contributed by atoms with Crippen LogP contribution in [0.15, 0.2) is 60.9 Å². The summed E-state index contributed by atoms with van der Waals surface area (Å²) in [5, 5.41) is 23.5. The molecule has 0 saturated heterocycles. The summed E-state index contributed by atoms with van der Waals surface area (Å²) in [6, 6.07) is 12.1. The van der Waals surface area contributed by atoms with Crippen LogP contribution in [-0.4, -0.2) is 42.7 Å². The van der Waals surface area contributed by atoms with Crippen LogP contribution in [0.4, 0.5) is 8.78 Å². The fourth-order valence-corrected chi connectivity index (χ4v) is 4.73. The highest BCUT2D eigenvalue weighted by atomic mass is 19.1. The normalized spacial score (nSPS) is 21.6. The van der Waals surface area contributed by atoms with Crippen LogP contribution in [0.1, 0.15) is 40.3 Å². The third-order valence-electron chi connectivity index (χ3n) is 6.50. The number of imidazole rings is 1. The number of carbonyl (C=O) groups excluding carboxylic acids is 1. The molecule has 3 heterocycles. The van der Waals surface area contributed by atoms with Gasteiger partial charge in [-0.15, -0.1) is 0 Å². The van der Waals surface area contributed by atoms with Crippen molar-refractivity contribution >= 4 is 11.6 Å². The Morgan fingerprint density at radius 3 is 2.50 bits per heavy atom. The number of hydrogen-bond donors (Lipinski definition) is 3. The molecule has 36 heavy (non-hydrogen) atoms. The van der Waals surface area contributed by atoms with Gasteiger partial charge in [-0.1, -0.05) is 12.1 Å². The van der Waals surface area contributed by atoms with E-state index in [1.807, 2.05) is 0 Å². The third-order valence-corrected chi connectivity index (χ3v) is 6.50. The minimum atomic E-state index is -1.08. The maximum absolute atomic E-state index is 14.0. The number of fused-ring (bicyclic) bond motifs is 1. The second kappa shape index (κ2) is 9.29. The van der Waals surface area contributed by atoms with E-state index in [-0.39, 0.29) is 36.5 Å². The Labute approximate surface area is 205 Å². The van der Waals surface area contributed by atoms with Crippen molar-refractivity contribution in [3.63, 3.8) is 0 Å². The van der Waals surface area contributed by atoms with Crippen LogP contribution in [0.5, 0.6) is 5.75 Å². The zero-order valence-corrected chi connectivity index (χ0v) is 19.4. The first-order valence-corrected chi connectivity index (χ1v) is 11.4. The molecule has 8 nitrogen and oxygen atoms in total. The van der Waals surface area contributed by atoms with Gasteiger partial charge in [-0.05, 0) is 43.3 Å². The Kier molecular flexibility index (Phi) is 6.15. The van der Waals surface area contributed by atoms with E-state index in [0.29, 0.717) is 17.0 Å². The van der Waals surface area contributed by atoms with Crippen molar-refractivity contribution in [2.24, 2.45) is 0 Å². The van der Waals surface area contributed by atoms with Gasteiger partial charge in [0.2, 0.25) is 0 Å². The molecule has 3 atom stereocenters. The van der Waals surface area contributed by atoms with Gasteiger partial charge in [-0.3, -0.25) is 14.2 Å². The van der Waals surface area contributed by atoms with Crippen LogP contribution in [0.25, 0.3) is 5.65 Å². The molecule has 0 radical (unpaired) electrons. The largest absolute Gasteiger partial charge is 0.485 e. The minimum absolute atomic E-state index is 0.0925. The number of pyridine rings is 2. The van der Waals surface area contributed by atoms with Gasteiger partial charge in [0.15, 0.2) is 11.4 Å². The number of carbonyl (C=O) groups is 1. The molecule has 3 aromatic heterocycles. The summed E-state index contributed by atoms with van der Waals surface area (Å²) in [5.41, 5.74) is 0.155. The van der Waals surface area contributed by atoms with Crippen LogP contribution >= 0.6 is 0 Å². The average Bonchev–Trinajstić information content (AvgIpc) is 3.35. The zero-order valence-electron chi connectivity index (χ0n) is 19.4. The molecule has 0 aliphatic heterocycles. The average molecular weight is 494 g/mol. The van der Waals surface area contributed by atoms with Gasteiger partial charge in [-0.25, -0.2) is 13.8 Å². The molecule has 5 rings (SSSR count). The Balaban J connectivity index is 1.47. The summed E-state index contributed by atoms with van der Waals surface area (Å²) in [4.78, 5) is 22.4. The predicted octanol–water partition coefficient (Wildman–Crippen LogP) is 3.04. The molecule has 1 aromatic carbocycles. The van der Waals surface area contributed by atoms with E-state index in [2.05, 4.69) is 15.3 Å². The molecule has 3 N–H and O–H groups in total. The SMILES string of the molecule is Cc1nc2c(OCc3c(F)cccc3F)cccn2c1C(=O)N[C@]1(c2ccccn2)C[C@@H](O)[C@@H](O)C1. The van der Waals surface area contributed by atoms with Crippen molar-refractivity contribution in [2.45, 2.75) is 44.1 Å². The molecule has 0 bridgehead atoms. The monoisotopic (exact) mass is 494 g/mol. The summed E-state index contributed by atoms with van der Waals surface area (Å²) in [6.07, 6.45) is 1.36. The molecule has 1 fully saturated rings. The zero-order chi connectivity index (χ0) is 25.4. The highest BCUT2D eigenvalue weighted by Crippen LogP contribution is 2.38. The number of aryl methyl sites for hydroxylation is 1. The molecule has 186 valence electrons. The van der Waals surface area contributed by atoms with Gasteiger partial charge in [0.05, 0.1) is 34.7 Å². The second-order valence-electron chi connectivity index (χ2n) is 8.89. The first-order chi connectivity index (χ1) is 17.3. The molecule has 1 aliphatic carbocycles. The topological polar surface area (TPSA) is 109 Å². The lowest BCUT2D eigenvalue weighted by Gasteiger charge is -2.30. The number of halogens is 2. The minimum Gasteiger partial charge on any atom is -0.485 e. The van der Waals surface area contributed by atoms with Gasteiger partial charge in [0.1, 0.15) is 23.9 Å². The molecule has 0 spiro atoms. The van der Waals surface area contributed by atoms with Gasteiger partial charge in [-0.2, -0.15) is 0 Å². The number of amides is 1. The van der Waals surface area contributed by atoms with Gasteiger partial charge < -0.3 is 20.3 Å². The summed E-state index contributed by atoms with van der Waals surface area (Å²) < 4.78 is 35.3. The Morgan fingerprint density at radius 1 is 1.11 bits per heavy atom. The first kappa shape index (κ1) is 23.8. The van der Waals surface area contributed by atoms with E-state index in [4.69, 9.17) is 4.74 Å². The van der Waals surface area contributed by atoms with Gasteiger partial charge in [0.25, 0.3) is 5.91 Å². The fourth-order valence-electron chi connectivity index (χ4n) is 4.73. The lowest BCUT2D eigenvalue weighted by atomic mass is 9.91. The molecular weight excluding hydrogens is 470 g/mol. The van der Waals surface area contributed by atoms with E-state index in [9.17, 15) is 23.8 Å². The van der Waals surface area contributed by atoms with Crippen molar-refractivity contribution < 1.29 is 28.5 Å². The molecular formula is C26H24F2N4O4. The smallest absolute Gasteiger partial charge is 0.270 e. The highest BCUT2D eigenvalue weighted by molar-refractivity contribution is 5.95. The van der Waals surface area contributed by atoms with Gasteiger partial charge >= 0.3 is 0 Å². The summed E-state index contributed by atoms with van der Waals surface area (Å²) in [5.74, 6) is -1.68. The second-order valence-corrected chi connectivity index (χ2v) is 8.89. The molecule has 10 heteroatoms. The van der Waals surface area contributed by atoms with Crippen LogP contribution in [0, 0.1) is 18.6 Å². The number of hydrogen-bond acceptors (Lipinski definition) is 6. The number of benzene rings is 1. The standard InChI is InChI=1S/C26H24F2N4O4/c1-15-23(25(35)31-26(12-19(33)20(34)13-26)22-9-2-3-10-29-22)32-11-5-8-21(24(32)30-15)36-14-16-17(27)6-4-7-18(16)28/h2-11,19-20,33-34H,12-14H2,1H3,(H,31,35)/t19-,20+,26-. The van der Waals surface area contributed by atoms with Crippen LogP contribution < -0.4 is 10.1 Å². The number of nitrogens with zero attached hydrogens (tertiary/aromatic N) is 3. The number of aromatic nitrogens is 3. The third kappa shape index (κ3) is 4.18. The molecule has 4 aromatic rings. The van der Waals surface area contributed by atoms with Crippen LogP contribution in [0.2, 0.25) is 0 Å². The lowest BCUT2D eigenvalue weighted by molar-refractivity contribution is 0.0438. The highest BCUT2D eigenvalue weighted by Gasteiger charge is 2.47. The summed E-state index contributed by atoms with van der Waals surface area (Å²) in [7, 11) is 0. The van der Waals surface area contributed by atoms with Crippen molar-refractivity contribution in [1.82, 2.24) is 19.7 Å².